The minimum Gasteiger partial charge on any atom is -0.494 e. The van der Waals surface area contributed by atoms with Gasteiger partial charge in [0, 0.05) is 18.7 Å². The molecule has 1 atom stereocenters. The molecule has 2 aromatic rings. The lowest BCUT2D eigenvalue weighted by molar-refractivity contribution is 0.0462. The number of hydrogen-bond acceptors (Lipinski definition) is 3. The van der Waals surface area contributed by atoms with Crippen molar-refractivity contribution in [1.29, 1.82) is 0 Å². The van der Waals surface area contributed by atoms with Crippen LogP contribution in [-0.2, 0) is 0 Å². The van der Waals surface area contributed by atoms with Gasteiger partial charge in [-0.15, -0.1) is 0 Å². The highest BCUT2D eigenvalue weighted by molar-refractivity contribution is 6.37. The van der Waals surface area contributed by atoms with E-state index >= 15 is 0 Å². The van der Waals surface area contributed by atoms with Crippen LogP contribution in [0.5, 0.6) is 5.75 Å². The lowest BCUT2D eigenvalue weighted by Gasteiger charge is -2.34. The summed E-state index contributed by atoms with van der Waals surface area (Å²) in [5.74, 6) is 0.406. The van der Waals surface area contributed by atoms with Gasteiger partial charge in [0.1, 0.15) is 0 Å². The van der Waals surface area contributed by atoms with Crippen molar-refractivity contribution in [3.8, 4) is 5.75 Å². The Morgan fingerprint density at radius 2 is 1.73 bits per heavy atom. The van der Waals surface area contributed by atoms with Gasteiger partial charge in [0.2, 0.25) is 0 Å². The number of amides is 1. The van der Waals surface area contributed by atoms with E-state index in [-0.39, 0.29) is 11.8 Å². The largest absolute Gasteiger partial charge is 0.494 e. The molecule has 1 aliphatic heterocycles. The average molecular weight is 394 g/mol. The molecule has 4 nitrogen and oxygen atoms in total. The Balaban J connectivity index is 1.65. The van der Waals surface area contributed by atoms with Gasteiger partial charge in [-0.3, -0.25) is 4.79 Å². The molecule has 0 saturated carbocycles. The van der Waals surface area contributed by atoms with Crippen LogP contribution < -0.4 is 4.74 Å². The van der Waals surface area contributed by atoms with E-state index in [9.17, 15) is 9.90 Å². The maximum absolute atomic E-state index is 12.8. The average Bonchev–Trinajstić information content (AvgIpc) is 2.67. The predicted octanol–water partition coefficient (Wildman–Crippen LogP) is 4.59. The number of nitrogens with zero attached hydrogens (tertiary/aromatic N) is 1. The minimum atomic E-state index is -0.502. The second-order valence-electron chi connectivity index (χ2n) is 6.46. The van der Waals surface area contributed by atoms with Crippen molar-refractivity contribution < 1.29 is 14.6 Å². The molecule has 1 saturated heterocycles. The summed E-state index contributed by atoms with van der Waals surface area (Å²) in [6.07, 6.45) is 0.997. The Morgan fingerprint density at radius 1 is 1.15 bits per heavy atom. The maximum Gasteiger partial charge on any atom is 0.253 e. The predicted molar refractivity (Wildman–Crippen MR) is 103 cm³/mol. The minimum absolute atomic E-state index is 0.107. The summed E-state index contributed by atoms with van der Waals surface area (Å²) >= 11 is 12.3. The van der Waals surface area contributed by atoms with Crippen LogP contribution in [0.2, 0.25) is 10.0 Å². The zero-order chi connectivity index (χ0) is 18.7. The van der Waals surface area contributed by atoms with Crippen LogP contribution in [0.15, 0.2) is 42.5 Å². The van der Waals surface area contributed by atoms with Crippen molar-refractivity contribution in [3.05, 3.63) is 63.6 Å². The standard InChI is InChI=1S/C20H21Cl2NO3/c1-26-19-16(21)11-15(12-17(19)22)20(25)23-9-7-14(8-10-23)18(24)13-5-3-2-4-6-13/h2-6,11-12,14,18,24H,7-10H2,1H3. The highest BCUT2D eigenvalue weighted by atomic mass is 35.5. The van der Waals surface area contributed by atoms with Crippen molar-refractivity contribution in [1.82, 2.24) is 4.90 Å². The van der Waals surface area contributed by atoms with E-state index in [0.717, 1.165) is 18.4 Å². The van der Waals surface area contributed by atoms with Gasteiger partial charge in [-0.2, -0.15) is 0 Å². The highest BCUT2D eigenvalue weighted by Crippen LogP contribution is 2.35. The van der Waals surface area contributed by atoms with Crippen LogP contribution in [0, 0.1) is 5.92 Å². The van der Waals surface area contributed by atoms with Gasteiger partial charge in [-0.1, -0.05) is 53.5 Å². The molecule has 1 N–H and O–H groups in total. The van der Waals surface area contributed by atoms with Crippen LogP contribution in [0.1, 0.15) is 34.9 Å². The van der Waals surface area contributed by atoms with Crippen LogP contribution in [-0.4, -0.2) is 36.1 Å². The third-order valence-corrected chi connectivity index (χ3v) is 5.43. The van der Waals surface area contributed by atoms with E-state index < -0.39 is 6.10 Å². The molecule has 1 amide bonds. The molecule has 6 heteroatoms. The molecule has 0 aliphatic carbocycles. The van der Waals surface area contributed by atoms with Crippen molar-refractivity contribution in [2.24, 2.45) is 5.92 Å². The zero-order valence-corrected chi connectivity index (χ0v) is 16.0. The summed E-state index contributed by atoms with van der Waals surface area (Å²) in [7, 11) is 1.48. The number of aliphatic hydroxyl groups excluding tert-OH is 1. The molecule has 2 aromatic carbocycles. The summed E-state index contributed by atoms with van der Waals surface area (Å²) in [5, 5.41) is 11.2. The van der Waals surface area contributed by atoms with Gasteiger partial charge in [-0.05, 0) is 36.5 Å². The molecule has 0 radical (unpaired) electrons. The third-order valence-electron chi connectivity index (χ3n) is 4.86. The fourth-order valence-electron chi connectivity index (χ4n) is 3.40. The van der Waals surface area contributed by atoms with Gasteiger partial charge in [-0.25, -0.2) is 0 Å². The highest BCUT2D eigenvalue weighted by Gasteiger charge is 2.29. The Morgan fingerprint density at radius 3 is 2.27 bits per heavy atom. The first-order valence-corrected chi connectivity index (χ1v) is 9.32. The van der Waals surface area contributed by atoms with Crippen LogP contribution in [0.25, 0.3) is 0 Å². The van der Waals surface area contributed by atoms with Crippen molar-refractivity contribution in [3.63, 3.8) is 0 Å². The first-order valence-electron chi connectivity index (χ1n) is 8.56. The summed E-state index contributed by atoms with van der Waals surface area (Å²) < 4.78 is 5.12. The van der Waals surface area contributed by atoms with E-state index in [2.05, 4.69) is 0 Å². The number of methoxy groups -OCH3 is 1. The molecule has 1 aliphatic rings. The molecule has 26 heavy (non-hydrogen) atoms. The molecule has 1 unspecified atom stereocenters. The number of likely N-dealkylation sites (tertiary alicyclic amines) is 1. The van der Waals surface area contributed by atoms with Gasteiger partial charge < -0.3 is 14.7 Å². The van der Waals surface area contributed by atoms with E-state index in [1.807, 2.05) is 30.3 Å². The normalized spacial score (nSPS) is 16.4. The van der Waals surface area contributed by atoms with Crippen LogP contribution in [0.4, 0.5) is 0 Å². The molecule has 0 spiro atoms. The number of benzene rings is 2. The number of carbonyl (C=O) groups is 1. The number of aliphatic hydroxyl groups is 1. The Bertz CT molecular complexity index is 751. The van der Waals surface area contributed by atoms with Gasteiger partial charge >= 0.3 is 0 Å². The number of carbonyl (C=O) groups excluding carboxylic acids is 1. The first-order chi connectivity index (χ1) is 12.5. The fourth-order valence-corrected chi connectivity index (χ4v) is 4.04. The smallest absolute Gasteiger partial charge is 0.253 e. The Labute approximate surface area is 163 Å². The van der Waals surface area contributed by atoms with E-state index in [4.69, 9.17) is 27.9 Å². The van der Waals surface area contributed by atoms with Crippen molar-refractivity contribution >= 4 is 29.1 Å². The fraction of sp³-hybridized carbons (Fsp3) is 0.350. The van der Waals surface area contributed by atoms with Gasteiger partial charge in [0.15, 0.2) is 5.75 Å². The van der Waals surface area contributed by atoms with E-state index in [1.54, 1.807) is 17.0 Å². The monoisotopic (exact) mass is 393 g/mol. The SMILES string of the molecule is COc1c(Cl)cc(C(=O)N2CCC(C(O)c3ccccc3)CC2)cc1Cl. The topological polar surface area (TPSA) is 49.8 Å². The molecule has 0 bridgehead atoms. The summed E-state index contributed by atoms with van der Waals surface area (Å²) in [5.41, 5.74) is 1.37. The molecule has 3 rings (SSSR count). The van der Waals surface area contributed by atoms with Crippen LogP contribution in [0.3, 0.4) is 0 Å². The second-order valence-corrected chi connectivity index (χ2v) is 7.27. The maximum atomic E-state index is 12.8. The number of ether oxygens (including phenoxy) is 1. The summed E-state index contributed by atoms with van der Waals surface area (Å²) in [4.78, 5) is 14.5. The zero-order valence-electron chi connectivity index (χ0n) is 14.5. The molecule has 0 aromatic heterocycles. The van der Waals surface area contributed by atoms with Crippen molar-refractivity contribution in [2.75, 3.05) is 20.2 Å². The molecular formula is C20H21Cl2NO3. The Hall–Kier alpha value is -1.75. The molecular weight excluding hydrogens is 373 g/mol. The number of hydrogen-bond donors (Lipinski definition) is 1. The van der Waals surface area contributed by atoms with Gasteiger partial charge in [0.05, 0.1) is 23.3 Å². The summed E-state index contributed by atoms with van der Waals surface area (Å²) in [6, 6.07) is 12.8. The van der Waals surface area contributed by atoms with Crippen LogP contribution >= 0.6 is 23.2 Å². The number of piperidine rings is 1. The van der Waals surface area contributed by atoms with E-state index in [0.29, 0.717) is 34.4 Å². The summed E-state index contributed by atoms with van der Waals surface area (Å²) in [6.45, 7) is 1.18. The lowest BCUT2D eigenvalue weighted by Crippen LogP contribution is -2.39. The lowest BCUT2D eigenvalue weighted by atomic mass is 9.87. The first kappa shape index (κ1) is 19.0. The number of rotatable bonds is 4. The second kappa shape index (κ2) is 8.30. The van der Waals surface area contributed by atoms with E-state index in [1.165, 1.54) is 7.11 Å². The molecule has 1 fully saturated rings. The van der Waals surface area contributed by atoms with Crippen molar-refractivity contribution in [2.45, 2.75) is 18.9 Å². The van der Waals surface area contributed by atoms with Gasteiger partial charge in [0.25, 0.3) is 5.91 Å². The third kappa shape index (κ3) is 3.98. The quantitative estimate of drug-likeness (QED) is 0.826. The number of halogens is 2. The molecule has 1 heterocycles. The molecule has 138 valence electrons. The Kier molecular flexibility index (Phi) is 6.07.